The van der Waals surface area contributed by atoms with Crippen LogP contribution < -0.4 is 5.73 Å². The first-order valence-corrected chi connectivity index (χ1v) is 4.86. The molecule has 92 valence electrons. The van der Waals surface area contributed by atoms with Gasteiger partial charge in [-0.1, -0.05) is 0 Å². The van der Waals surface area contributed by atoms with E-state index in [0.717, 1.165) is 5.69 Å². The smallest absolute Gasteiger partial charge is 0.370 e. The fraction of sp³-hybridized carbons (Fsp3) is 0.667. The number of nitrogens with two attached hydrogens (primary N) is 1. The van der Waals surface area contributed by atoms with E-state index < -0.39 is 12.8 Å². The molecule has 0 fully saturated rings. The summed E-state index contributed by atoms with van der Waals surface area (Å²) in [6.07, 6.45) is -0.410. The van der Waals surface area contributed by atoms with Crippen molar-refractivity contribution in [3.05, 3.63) is 18.2 Å². The molecule has 1 rings (SSSR count). The van der Waals surface area contributed by atoms with E-state index in [4.69, 9.17) is 5.73 Å². The van der Waals surface area contributed by atoms with E-state index in [1.54, 1.807) is 17.1 Å². The summed E-state index contributed by atoms with van der Waals surface area (Å²) in [6.45, 7) is -0.373. The van der Waals surface area contributed by atoms with Crippen LogP contribution in [0.5, 0.6) is 0 Å². The molecule has 1 aromatic rings. The van der Waals surface area contributed by atoms with Crippen LogP contribution in [0, 0.1) is 0 Å². The first-order valence-electron chi connectivity index (χ1n) is 4.86. The van der Waals surface area contributed by atoms with Gasteiger partial charge in [-0.25, -0.2) is 4.98 Å². The number of ether oxygens (including phenoxy) is 1. The first-order chi connectivity index (χ1) is 7.53. The summed E-state index contributed by atoms with van der Waals surface area (Å²) >= 11 is 0. The number of alkyl halides is 3. The lowest BCUT2D eigenvalue weighted by atomic mass is 10.3. The predicted octanol–water partition coefficient (Wildman–Crippen LogP) is 0.963. The molecule has 7 heteroatoms. The van der Waals surface area contributed by atoms with Crippen LogP contribution in [-0.2, 0) is 17.7 Å². The second-order valence-corrected chi connectivity index (χ2v) is 3.28. The zero-order valence-corrected chi connectivity index (χ0v) is 8.70. The average Bonchev–Trinajstić information content (AvgIpc) is 2.60. The summed E-state index contributed by atoms with van der Waals surface area (Å²) in [5, 5.41) is 0. The van der Waals surface area contributed by atoms with Gasteiger partial charge in [0.1, 0.15) is 6.61 Å². The SMILES string of the molecule is NCCc1cncn1CCOCC(F)(F)F. The highest BCUT2D eigenvalue weighted by atomic mass is 19.4. The van der Waals surface area contributed by atoms with Gasteiger partial charge in [-0.2, -0.15) is 13.2 Å². The zero-order chi connectivity index (χ0) is 12.0. The molecular formula is C9H14F3N3O. The van der Waals surface area contributed by atoms with E-state index in [9.17, 15) is 13.2 Å². The molecule has 0 amide bonds. The largest absolute Gasteiger partial charge is 0.411 e. The molecule has 1 aromatic heterocycles. The molecule has 0 radical (unpaired) electrons. The highest BCUT2D eigenvalue weighted by Crippen LogP contribution is 2.14. The number of hydrogen-bond acceptors (Lipinski definition) is 3. The number of rotatable bonds is 6. The maximum atomic E-state index is 11.8. The lowest BCUT2D eigenvalue weighted by molar-refractivity contribution is -0.174. The summed E-state index contributed by atoms with van der Waals surface area (Å²) in [6, 6.07) is 0. The Balaban J connectivity index is 2.29. The number of halogens is 3. The van der Waals surface area contributed by atoms with Crippen molar-refractivity contribution in [1.29, 1.82) is 0 Å². The fourth-order valence-electron chi connectivity index (χ4n) is 1.26. The maximum Gasteiger partial charge on any atom is 0.411 e. The Morgan fingerprint density at radius 2 is 2.19 bits per heavy atom. The summed E-state index contributed by atoms with van der Waals surface area (Å²) in [7, 11) is 0. The molecule has 0 saturated carbocycles. The van der Waals surface area contributed by atoms with Crippen molar-refractivity contribution in [1.82, 2.24) is 9.55 Å². The van der Waals surface area contributed by atoms with E-state index in [0.29, 0.717) is 19.5 Å². The average molecular weight is 237 g/mol. The topological polar surface area (TPSA) is 53.1 Å². The summed E-state index contributed by atoms with van der Waals surface area (Å²) in [5.41, 5.74) is 6.28. The molecule has 0 saturated heterocycles. The van der Waals surface area contributed by atoms with Crippen molar-refractivity contribution >= 4 is 0 Å². The monoisotopic (exact) mass is 237 g/mol. The van der Waals surface area contributed by atoms with E-state index >= 15 is 0 Å². The van der Waals surface area contributed by atoms with Gasteiger partial charge < -0.3 is 15.0 Å². The lowest BCUT2D eigenvalue weighted by Gasteiger charge is -2.09. The Labute approximate surface area is 91.2 Å². The number of imidazole rings is 1. The standard InChI is InChI=1S/C9H14F3N3O/c10-9(11,12)6-16-4-3-15-7-14-5-8(15)1-2-13/h5,7H,1-4,6,13H2. The highest BCUT2D eigenvalue weighted by molar-refractivity contribution is 4.98. The Hall–Kier alpha value is -1.08. The Morgan fingerprint density at radius 3 is 2.81 bits per heavy atom. The normalized spacial score (nSPS) is 12.0. The van der Waals surface area contributed by atoms with Crippen LogP contribution >= 0.6 is 0 Å². The molecule has 0 spiro atoms. The third kappa shape index (κ3) is 4.63. The Kier molecular flexibility index (Phi) is 4.75. The van der Waals surface area contributed by atoms with E-state index in [-0.39, 0.29) is 6.61 Å². The minimum atomic E-state index is -4.27. The lowest BCUT2D eigenvalue weighted by Crippen LogP contribution is -2.19. The molecule has 0 aliphatic heterocycles. The van der Waals surface area contributed by atoms with Gasteiger partial charge >= 0.3 is 6.18 Å². The molecule has 0 atom stereocenters. The molecule has 1 heterocycles. The second kappa shape index (κ2) is 5.86. The molecule has 0 aliphatic carbocycles. The third-order valence-corrected chi connectivity index (χ3v) is 1.94. The minimum absolute atomic E-state index is 0.00738. The van der Waals surface area contributed by atoms with Crippen LogP contribution in [0.3, 0.4) is 0 Å². The maximum absolute atomic E-state index is 11.8. The van der Waals surface area contributed by atoms with Gasteiger partial charge in [-0.3, -0.25) is 0 Å². The molecule has 0 bridgehead atoms. The van der Waals surface area contributed by atoms with E-state index in [1.807, 2.05) is 0 Å². The fourth-order valence-corrected chi connectivity index (χ4v) is 1.26. The zero-order valence-electron chi connectivity index (χ0n) is 8.70. The second-order valence-electron chi connectivity index (χ2n) is 3.28. The van der Waals surface area contributed by atoms with Crippen LogP contribution in [0.25, 0.3) is 0 Å². The van der Waals surface area contributed by atoms with Crippen LogP contribution in [-0.4, -0.2) is 35.5 Å². The number of aromatic nitrogens is 2. The van der Waals surface area contributed by atoms with Gasteiger partial charge in [-0.05, 0) is 6.54 Å². The van der Waals surface area contributed by atoms with E-state index in [1.165, 1.54) is 0 Å². The van der Waals surface area contributed by atoms with Gasteiger partial charge in [0.25, 0.3) is 0 Å². The molecule has 16 heavy (non-hydrogen) atoms. The predicted molar refractivity (Wildman–Crippen MR) is 51.9 cm³/mol. The molecule has 0 aromatic carbocycles. The molecular weight excluding hydrogens is 223 g/mol. The quantitative estimate of drug-likeness (QED) is 0.750. The molecule has 4 nitrogen and oxygen atoms in total. The van der Waals surface area contributed by atoms with Crippen molar-refractivity contribution in [2.75, 3.05) is 19.8 Å². The summed E-state index contributed by atoms with van der Waals surface area (Å²) < 4.78 is 41.5. The first kappa shape index (κ1) is 13.0. The number of hydrogen-bond donors (Lipinski definition) is 1. The van der Waals surface area contributed by atoms with Crippen molar-refractivity contribution in [3.8, 4) is 0 Å². The van der Waals surface area contributed by atoms with Crippen LogP contribution in [0.2, 0.25) is 0 Å². The van der Waals surface area contributed by atoms with Crippen molar-refractivity contribution in [3.63, 3.8) is 0 Å². The Bertz CT molecular complexity index is 311. The van der Waals surface area contributed by atoms with Gasteiger partial charge in [0, 0.05) is 24.9 Å². The molecule has 2 N–H and O–H groups in total. The van der Waals surface area contributed by atoms with Gasteiger partial charge in [0.2, 0.25) is 0 Å². The number of nitrogens with zero attached hydrogens (tertiary/aromatic N) is 2. The van der Waals surface area contributed by atoms with Gasteiger partial charge in [0.15, 0.2) is 0 Å². The molecule has 0 unspecified atom stereocenters. The highest BCUT2D eigenvalue weighted by Gasteiger charge is 2.27. The third-order valence-electron chi connectivity index (χ3n) is 1.94. The van der Waals surface area contributed by atoms with Gasteiger partial charge in [-0.15, -0.1) is 0 Å². The van der Waals surface area contributed by atoms with Crippen LogP contribution in [0.15, 0.2) is 12.5 Å². The molecule has 0 aliphatic rings. The van der Waals surface area contributed by atoms with Crippen molar-refractivity contribution in [2.45, 2.75) is 19.1 Å². The van der Waals surface area contributed by atoms with Crippen molar-refractivity contribution in [2.24, 2.45) is 5.73 Å². The van der Waals surface area contributed by atoms with Crippen molar-refractivity contribution < 1.29 is 17.9 Å². The summed E-state index contributed by atoms with van der Waals surface area (Å²) in [4.78, 5) is 3.90. The van der Waals surface area contributed by atoms with Crippen LogP contribution in [0.4, 0.5) is 13.2 Å². The van der Waals surface area contributed by atoms with Crippen LogP contribution in [0.1, 0.15) is 5.69 Å². The summed E-state index contributed by atoms with van der Waals surface area (Å²) in [5.74, 6) is 0. The van der Waals surface area contributed by atoms with E-state index in [2.05, 4.69) is 9.72 Å². The Morgan fingerprint density at radius 1 is 1.44 bits per heavy atom. The van der Waals surface area contributed by atoms with Gasteiger partial charge in [0.05, 0.1) is 12.9 Å². The minimum Gasteiger partial charge on any atom is -0.370 e.